The third kappa shape index (κ3) is 3.69. The summed E-state index contributed by atoms with van der Waals surface area (Å²) in [6.07, 6.45) is -0.516. The van der Waals surface area contributed by atoms with Gasteiger partial charge < -0.3 is 19.9 Å². The Bertz CT molecular complexity index is 577. The molecule has 2 rings (SSSR count). The first kappa shape index (κ1) is 16.6. The SMILES string of the molecule is CC1Oc2ccc(NC(=O)CCl)cc2N(CCN(C)C)C1=O. The number of likely N-dealkylation sites (N-methyl/N-ethyl adjacent to an activating group) is 1. The van der Waals surface area contributed by atoms with E-state index >= 15 is 0 Å². The van der Waals surface area contributed by atoms with E-state index in [1.807, 2.05) is 19.0 Å². The van der Waals surface area contributed by atoms with Gasteiger partial charge in [0, 0.05) is 18.8 Å². The van der Waals surface area contributed by atoms with Crippen LogP contribution < -0.4 is 15.0 Å². The van der Waals surface area contributed by atoms with Gasteiger partial charge in [-0.3, -0.25) is 9.59 Å². The smallest absolute Gasteiger partial charge is 0.267 e. The molecule has 1 aromatic carbocycles. The molecule has 6 nitrogen and oxygen atoms in total. The Hall–Kier alpha value is -1.79. The van der Waals surface area contributed by atoms with E-state index in [4.69, 9.17) is 16.3 Å². The summed E-state index contributed by atoms with van der Waals surface area (Å²) in [7, 11) is 3.90. The van der Waals surface area contributed by atoms with E-state index < -0.39 is 6.10 Å². The van der Waals surface area contributed by atoms with Gasteiger partial charge in [-0.05, 0) is 39.2 Å². The molecule has 0 aromatic heterocycles. The van der Waals surface area contributed by atoms with E-state index in [1.165, 1.54) is 0 Å². The van der Waals surface area contributed by atoms with Gasteiger partial charge in [0.05, 0.1) is 5.69 Å². The number of hydrogen-bond donors (Lipinski definition) is 1. The second kappa shape index (κ2) is 6.98. The van der Waals surface area contributed by atoms with Crippen molar-refractivity contribution in [2.24, 2.45) is 0 Å². The molecule has 0 aliphatic carbocycles. The van der Waals surface area contributed by atoms with Crippen LogP contribution in [0.1, 0.15) is 6.92 Å². The number of benzene rings is 1. The molecule has 0 fully saturated rings. The van der Waals surface area contributed by atoms with Crippen LogP contribution >= 0.6 is 11.6 Å². The number of alkyl halides is 1. The van der Waals surface area contributed by atoms with Crippen molar-refractivity contribution in [1.29, 1.82) is 0 Å². The van der Waals surface area contributed by atoms with Gasteiger partial charge in [-0.1, -0.05) is 0 Å². The van der Waals surface area contributed by atoms with Gasteiger partial charge in [0.1, 0.15) is 11.6 Å². The lowest BCUT2D eigenvalue weighted by Crippen LogP contribution is -2.46. The first-order valence-electron chi connectivity index (χ1n) is 7.05. The molecule has 1 aliphatic heterocycles. The summed E-state index contributed by atoms with van der Waals surface area (Å²) in [5.74, 6) is 0.135. The number of hydrogen-bond acceptors (Lipinski definition) is 4. The Morgan fingerprint density at radius 2 is 2.18 bits per heavy atom. The number of halogens is 1. The van der Waals surface area contributed by atoms with E-state index in [-0.39, 0.29) is 17.7 Å². The van der Waals surface area contributed by atoms with E-state index in [9.17, 15) is 9.59 Å². The van der Waals surface area contributed by atoms with Crippen LogP contribution in [0.15, 0.2) is 18.2 Å². The second-order valence-electron chi connectivity index (χ2n) is 5.42. The molecule has 1 heterocycles. The standard InChI is InChI=1S/C15H20ClN3O3/c1-10-15(21)19(7-6-18(2)3)12-8-11(17-14(20)9-16)4-5-13(12)22-10/h4-5,8,10H,6-7,9H2,1-3H3,(H,17,20). The summed E-state index contributed by atoms with van der Waals surface area (Å²) in [5.41, 5.74) is 1.25. The second-order valence-corrected chi connectivity index (χ2v) is 5.68. The molecule has 0 saturated heterocycles. The number of anilines is 2. The van der Waals surface area contributed by atoms with Crippen LogP contribution in [0.25, 0.3) is 0 Å². The Balaban J connectivity index is 2.30. The fourth-order valence-corrected chi connectivity index (χ4v) is 2.28. The Morgan fingerprint density at radius 3 is 2.82 bits per heavy atom. The zero-order chi connectivity index (χ0) is 16.3. The predicted octanol–water partition coefficient (Wildman–Crippen LogP) is 1.54. The van der Waals surface area contributed by atoms with Crippen molar-refractivity contribution in [3.8, 4) is 5.75 Å². The fourth-order valence-electron chi connectivity index (χ4n) is 2.21. The summed E-state index contributed by atoms with van der Waals surface area (Å²) in [4.78, 5) is 27.5. The molecule has 22 heavy (non-hydrogen) atoms. The third-order valence-corrected chi connectivity index (χ3v) is 3.59. The minimum absolute atomic E-state index is 0.0878. The molecule has 1 atom stereocenters. The van der Waals surface area contributed by atoms with E-state index in [0.29, 0.717) is 23.7 Å². The monoisotopic (exact) mass is 325 g/mol. The minimum Gasteiger partial charge on any atom is -0.479 e. The zero-order valence-corrected chi connectivity index (χ0v) is 13.7. The Kier molecular flexibility index (Phi) is 5.26. The summed E-state index contributed by atoms with van der Waals surface area (Å²) in [5, 5.41) is 2.68. The summed E-state index contributed by atoms with van der Waals surface area (Å²) >= 11 is 5.49. The van der Waals surface area contributed by atoms with Crippen LogP contribution in [0.3, 0.4) is 0 Å². The lowest BCUT2D eigenvalue weighted by atomic mass is 10.1. The number of ether oxygens (including phenoxy) is 1. The van der Waals surface area contributed by atoms with Gasteiger partial charge in [0.15, 0.2) is 6.10 Å². The highest BCUT2D eigenvalue weighted by atomic mass is 35.5. The maximum absolute atomic E-state index is 12.4. The summed E-state index contributed by atoms with van der Waals surface area (Å²) in [6.45, 7) is 3.02. The molecule has 7 heteroatoms. The van der Waals surface area contributed by atoms with E-state index in [2.05, 4.69) is 5.32 Å². The fraction of sp³-hybridized carbons (Fsp3) is 0.467. The molecular formula is C15H20ClN3O3. The highest BCUT2D eigenvalue weighted by Gasteiger charge is 2.31. The Morgan fingerprint density at radius 1 is 1.45 bits per heavy atom. The molecule has 0 saturated carbocycles. The normalized spacial score (nSPS) is 17.2. The van der Waals surface area contributed by atoms with Crippen molar-refractivity contribution in [3.63, 3.8) is 0 Å². The van der Waals surface area contributed by atoms with Gasteiger partial charge in [-0.2, -0.15) is 0 Å². The topological polar surface area (TPSA) is 61.9 Å². The molecule has 1 unspecified atom stereocenters. The maximum atomic E-state index is 12.4. The molecule has 0 radical (unpaired) electrons. The molecule has 1 aromatic rings. The number of nitrogens with one attached hydrogen (secondary N) is 1. The average Bonchev–Trinajstić information content (AvgIpc) is 2.48. The lowest BCUT2D eigenvalue weighted by Gasteiger charge is -2.34. The van der Waals surface area contributed by atoms with Crippen molar-refractivity contribution in [2.75, 3.05) is 43.3 Å². The number of rotatable bonds is 5. The van der Waals surface area contributed by atoms with Crippen molar-refractivity contribution < 1.29 is 14.3 Å². The van der Waals surface area contributed by atoms with Crippen LogP contribution in [0.5, 0.6) is 5.75 Å². The first-order chi connectivity index (χ1) is 10.4. The molecule has 1 N–H and O–H groups in total. The number of fused-ring (bicyclic) bond motifs is 1. The average molecular weight is 326 g/mol. The van der Waals surface area contributed by atoms with Crippen molar-refractivity contribution in [3.05, 3.63) is 18.2 Å². The molecule has 2 amide bonds. The van der Waals surface area contributed by atoms with Crippen LogP contribution in [-0.2, 0) is 9.59 Å². The van der Waals surface area contributed by atoms with Gasteiger partial charge >= 0.3 is 0 Å². The van der Waals surface area contributed by atoms with Crippen LogP contribution in [-0.4, -0.2) is 55.9 Å². The highest BCUT2D eigenvalue weighted by molar-refractivity contribution is 6.29. The predicted molar refractivity (Wildman–Crippen MR) is 86.8 cm³/mol. The van der Waals surface area contributed by atoms with E-state index in [0.717, 1.165) is 6.54 Å². The first-order valence-corrected chi connectivity index (χ1v) is 7.58. The summed E-state index contributed by atoms with van der Waals surface area (Å²) < 4.78 is 5.62. The number of amides is 2. The van der Waals surface area contributed by atoms with Crippen molar-refractivity contribution in [2.45, 2.75) is 13.0 Å². The van der Waals surface area contributed by atoms with Crippen molar-refractivity contribution >= 4 is 34.8 Å². The highest BCUT2D eigenvalue weighted by Crippen LogP contribution is 2.36. The molecule has 0 bridgehead atoms. The maximum Gasteiger partial charge on any atom is 0.267 e. The van der Waals surface area contributed by atoms with Crippen LogP contribution in [0, 0.1) is 0 Å². The number of carbonyl (C=O) groups excluding carboxylic acids is 2. The Labute approximate surface area is 135 Å². The van der Waals surface area contributed by atoms with Crippen molar-refractivity contribution in [1.82, 2.24) is 4.90 Å². The minimum atomic E-state index is -0.516. The van der Waals surface area contributed by atoms with Gasteiger partial charge in [-0.15, -0.1) is 11.6 Å². The lowest BCUT2D eigenvalue weighted by molar-refractivity contribution is -0.125. The third-order valence-electron chi connectivity index (χ3n) is 3.34. The number of nitrogens with zero attached hydrogens (tertiary/aromatic N) is 2. The van der Waals surface area contributed by atoms with E-state index in [1.54, 1.807) is 30.0 Å². The molecule has 0 spiro atoms. The zero-order valence-electron chi connectivity index (χ0n) is 12.9. The quantitative estimate of drug-likeness (QED) is 0.834. The van der Waals surface area contributed by atoms with Gasteiger partial charge in [-0.25, -0.2) is 0 Å². The molecule has 1 aliphatic rings. The van der Waals surface area contributed by atoms with Gasteiger partial charge in [0.25, 0.3) is 5.91 Å². The number of carbonyl (C=O) groups is 2. The molecular weight excluding hydrogens is 306 g/mol. The van der Waals surface area contributed by atoms with Crippen LogP contribution in [0.2, 0.25) is 0 Å². The summed E-state index contributed by atoms with van der Waals surface area (Å²) in [6, 6.07) is 5.22. The van der Waals surface area contributed by atoms with Gasteiger partial charge in [0.2, 0.25) is 5.91 Å². The molecule has 120 valence electrons. The van der Waals surface area contributed by atoms with Crippen LogP contribution in [0.4, 0.5) is 11.4 Å². The largest absolute Gasteiger partial charge is 0.479 e.